The van der Waals surface area contributed by atoms with Crippen LogP contribution in [0.4, 0.5) is 8.78 Å². The van der Waals surface area contributed by atoms with E-state index in [-0.39, 0.29) is 17.1 Å². The summed E-state index contributed by atoms with van der Waals surface area (Å²) < 4.78 is 30.1. The van der Waals surface area contributed by atoms with Gasteiger partial charge in [0.1, 0.15) is 23.5 Å². The van der Waals surface area contributed by atoms with E-state index in [2.05, 4.69) is 10.3 Å². The third-order valence-electron chi connectivity index (χ3n) is 5.22. The van der Waals surface area contributed by atoms with E-state index in [4.69, 9.17) is 5.73 Å². The maximum Gasteiger partial charge on any atom is 0.272 e. The summed E-state index contributed by atoms with van der Waals surface area (Å²) in [5.74, 6) is -2.26. The number of amides is 2. The highest BCUT2D eigenvalue weighted by Gasteiger charge is 2.34. The first-order valence-electron chi connectivity index (χ1n) is 9.82. The minimum Gasteiger partial charge on any atom is -0.368 e. The molecule has 162 valence electrons. The Kier molecular flexibility index (Phi) is 5.94. The number of carbonyl (C=O) groups is 2. The molecule has 1 aromatic carbocycles. The number of halogens is 2. The molecule has 0 saturated heterocycles. The molecule has 9 heteroatoms. The van der Waals surface area contributed by atoms with E-state index < -0.39 is 34.9 Å². The van der Waals surface area contributed by atoms with E-state index >= 15 is 0 Å². The van der Waals surface area contributed by atoms with Crippen LogP contribution in [0.5, 0.6) is 0 Å². The average molecular weight is 419 g/mol. The first-order valence-corrected chi connectivity index (χ1v) is 9.82. The summed E-state index contributed by atoms with van der Waals surface area (Å²) >= 11 is 0. The largest absolute Gasteiger partial charge is 0.368 e. The maximum absolute atomic E-state index is 14.5. The Bertz CT molecular complexity index is 981. The molecule has 1 aliphatic rings. The van der Waals surface area contributed by atoms with Gasteiger partial charge in [-0.05, 0) is 43.6 Å². The van der Waals surface area contributed by atoms with Crippen molar-refractivity contribution in [1.29, 1.82) is 0 Å². The second kappa shape index (κ2) is 8.14. The third-order valence-corrected chi connectivity index (χ3v) is 5.22. The average Bonchev–Trinajstić information content (AvgIpc) is 2.86. The molecule has 0 spiro atoms. The van der Waals surface area contributed by atoms with E-state index in [1.807, 2.05) is 11.9 Å². The molecule has 0 bridgehead atoms. The van der Waals surface area contributed by atoms with E-state index in [0.717, 1.165) is 31.2 Å². The summed E-state index contributed by atoms with van der Waals surface area (Å²) in [6, 6.07) is 2.23. The van der Waals surface area contributed by atoms with Gasteiger partial charge in [0.2, 0.25) is 5.91 Å². The first-order chi connectivity index (χ1) is 14.0. The summed E-state index contributed by atoms with van der Waals surface area (Å²) in [7, 11) is 1.91. The van der Waals surface area contributed by atoms with Crippen molar-refractivity contribution in [2.24, 2.45) is 11.1 Å². The summed E-state index contributed by atoms with van der Waals surface area (Å²) in [5, 5.41) is 2.67. The van der Waals surface area contributed by atoms with Crippen molar-refractivity contribution in [3.63, 3.8) is 0 Å². The molecule has 2 amide bonds. The lowest BCUT2D eigenvalue weighted by atomic mass is 9.86. The number of aromatic nitrogens is 2. The molecule has 3 rings (SSSR count). The minimum absolute atomic E-state index is 0.0119. The lowest BCUT2D eigenvalue weighted by molar-refractivity contribution is -0.122. The zero-order chi connectivity index (χ0) is 22.2. The molecule has 0 radical (unpaired) electrons. The second-order valence-corrected chi connectivity index (χ2v) is 8.77. The van der Waals surface area contributed by atoms with Gasteiger partial charge >= 0.3 is 0 Å². The van der Waals surface area contributed by atoms with Crippen LogP contribution in [0.15, 0.2) is 18.2 Å². The van der Waals surface area contributed by atoms with Gasteiger partial charge < -0.3 is 20.5 Å². The van der Waals surface area contributed by atoms with Gasteiger partial charge in [-0.15, -0.1) is 0 Å². The van der Waals surface area contributed by atoms with Crippen LogP contribution in [-0.4, -0.2) is 45.9 Å². The number of rotatable bonds is 4. The van der Waals surface area contributed by atoms with E-state index in [1.54, 1.807) is 25.3 Å². The van der Waals surface area contributed by atoms with Crippen LogP contribution in [0.3, 0.4) is 0 Å². The molecule has 30 heavy (non-hydrogen) atoms. The molecule has 7 nitrogen and oxygen atoms in total. The highest BCUT2D eigenvalue weighted by atomic mass is 19.1. The molecule has 0 saturated carbocycles. The smallest absolute Gasteiger partial charge is 0.272 e. The second-order valence-electron chi connectivity index (χ2n) is 8.77. The van der Waals surface area contributed by atoms with Crippen LogP contribution >= 0.6 is 0 Å². The third kappa shape index (κ3) is 4.35. The Hall–Kier alpha value is -2.81. The van der Waals surface area contributed by atoms with E-state index in [9.17, 15) is 18.4 Å². The van der Waals surface area contributed by atoms with Crippen LogP contribution in [0.2, 0.25) is 0 Å². The van der Waals surface area contributed by atoms with Gasteiger partial charge in [0.05, 0.1) is 11.3 Å². The van der Waals surface area contributed by atoms with Gasteiger partial charge in [0, 0.05) is 13.1 Å². The Morgan fingerprint density at radius 2 is 1.93 bits per heavy atom. The van der Waals surface area contributed by atoms with Crippen LogP contribution in [-0.2, 0) is 17.9 Å². The van der Waals surface area contributed by atoms with Crippen molar-refractivity contribution < 1.29 is 18.4 Å². The van der Waals surface area contributed by atoms with Gasteiger partial charge in [-0.25, -0.2) is 13.8 Å². The monoisotopic (exact) mass is 419 g/mol. The number of nitrogens with two attached hydrogens (primary N) is 1. The molecular weight excluding hydrogens is 392 g/mol. The van der Waals surface area contributed by atoms with E-state index in [0.29, 0.717) is 18.8 Å². The fourth-order valence-corrected chi connectivity index (χ4v) is 3.69. The van der Waals surface area contributed by atoms with Crippen molar-refractivity contribution in [3.8, 4) is 11.4 Å². The van der Waals surface area contributed by atoms with Crippen LogP contribution in [0.1, 0.15) is 43.4 Å². The van der Waals surface area contributed by atoms with Crippen LogP contribution in [0, 0.1) is 17.0 Å². The SMILES string of the molecule is CN1CCCn2c(-c3cc(F)ccc3F)nc(C(=O)N[C@H](C(N)=O)C(C)(C)C)c2C1. The minimum atomic E-state index is -0.916. The Morgan fingerprint density at radius 1 is 1.23 bits per heavy atom. The quantitative estimate of drug-likeness (QED) is 0.795. The number of nitrogens with zero attached hydrogens (tertiary/aromatic N) is 3. The number of imidazole rings is 1. The highest BCUT2D eigenvalue weighted by Crippen LogP contribution is 2.29. The van der Waals surface area contributed by atoms with Gasteiger partial charge in [-0.2, -0.15) is 0 Å². The molecular formula is C21H27F2N5O2. The maximum atomic E-state index is 14.5. The first kappa shape index (κ1) is 21.9. The number of carbonyl (C=O) groups excluding carboxylic acids is 2. The molecule has 1 aromatic heterocycles. The van der Waals surface area contributed by atoms with Crippen molar-refractivity contribution >= 4 is 11.8 Å². The zero-order valence-electron chi connectivity index (χ0n) is 17.6. The fraction of sp³-hybridized carbons (Fsp3) is 0.476. The predicted octanol–water partition coefficient (Wildman–Crippen LogP) is 2.29. The zero-order valence-corrected chi connectivity index (χ0v) is 17.6. The molecule has 0 aliphatic carbocycles. The van der Waals surface area contributed by atoms with Gasteiger partial charge in [0.25, 0.3) is 5.91 Å². The Labute approximate surface area is 174 Å². The van der Waals surface area contributed by atoms with Crippen molar-refractivity contribution in [2.75, 3.05) is 13.6 Å². The van der Waals surface area contributed by atoms with Gasteiger partial charge in [-0.3, -0.25) is 9.59 Å². The number of benzene rings is 1. The summed E-state index contributed by atoms with van der Waals surface area (Å²) in [5.41, 5.74) is 5.54. The molecule has 3 N–H and O–H groups in total. The number of nitrogens with one attached hydrogen (secondary N) is 1. The molecule has 1 aliphatic heterocycles. The van der Waals surface area contributed by atoms with Gasteiger partial charge in [0.15, 0.2) is 5.69 Å². The summed E-state index contributed by atoms with van der Waals surface area (Å²) in [6.07, 6.45) is 0.761. The Balaban J connectivity index is 2.11. The number of primary amides is 1. The van der Waals surface area contributed by atoms with Gasteiger partial charge in [-0.1, -0.05) is 20.8 Å². The normalized spacial score (nSPS) is 15.9. The molecule has 0 fully saturated rings. The standard InChI is InChI=1S/C21H27F2N5O2/c1-21(2,3)17(18(24)29)26-20(30)16-15-11-27(4)8-5-9-28(15)19(25-16)13-10-12(22)6-7-14(13)23/h6-7,10,17H,5,8-9,11H2,1-4H3,(H2,24,29)(H,26,30)/t17-/m1/s1. The van der Waals surface area contributed by atoms with Crippen LogP contribution in [0.25, 0.3) is 11.4 Å². The summed E-state index contributed by atoms with van der Waals surface area (Å²) in [6.45, 7) is 7.06. The Morgan fingerprint density at radius 3 is 2.57 bits per heavy atom. The fourth-order valence-electron chi connectivity index (χ4n) is 3.69. The highest BCUT2D eigenvalue weighted by molar-refractivity contribution is 5.97. The number of hydrogen-bond donors (Lipinski definition) is 2. The number of hydrogen-bond acceptors (Lipinski definition) is 4. The predicted molar refractivity (Wildman–Crippen MR) is 108 cm³/mol. The van der Waals surface area contributed by atoms with Crippen molar-refractivity contribution in [1.82, 2.24) is 19.8 Å². The topological polar surface area (TPSA) is 93.2 Å². The van der Waals surface area contributed by atoms with Crippen molar-refractivity contribution in [3.05, 3.63) is 41.2 Å². The van der Waals surface area contributed by atoms with E-state index in [1.165, 1.54) is 0 Å². The lowest BCUT2D eigenvalue weighted by Gasteiger charge is -2.28. The molecule has 2 aromatic rings. The molecule has 1 atom stereocenters. The summed E-state index contributed by atoms with van der Waals surface area (Å²) in [4.78, 5) is 31.4. The lowest BCUT2D eigenvalue weighted by Crippen LogP contribution is -2.52. The van der Waals surface area contributed by atoms with Crippen LogP contribution < -0.4 is 11.1 Å². The van der Waals surface area contributed by atoms with Crippen molar-refractivity contribution in [2.45, 2.75) is 46.3 Å². The number of fused-ring (bicyclic) bond motifs is 1. The molecule has 0 unspecified atom stereocenters. The molecule has 2 heterocycles.